The fourth-order valence-corrected chi connectivity index (χ4v) is 7.11. The van der Waals surface area contributed by atoms with Gasteiger partial charge in [-0.3, -0.25) is 4.79 Å². The van der Waals surface area contributed by atoms with Crippen molar-refractivity contribution in [3.63, 3.8) is 0 Å². The van der Waals surface area contributed by atoms with E-state index in [4.69, 9.17) is 0 Å². The third-order valence-corrected chi connectivity index (χ3v) is 10.3. The normalized spacial score (nSPS) is 11.3. The Labute approximate surface area is 350 Å². The molecule has 4 nitrogen and oxygen atoms in total. The number of aromatic nitrogens is 2. The molecule has 0 spiro atoms. The number of fused-ring (bicyclic) bond motifs is 2. The second-order valence-corrected chi connectivity index (χ2v) is 15.2. The minimum Gasteiger partial charge on any atom is -0.512 e. The molecule has 0 aliphatic carbocycles. The number of pyridine rings is 2. The Morgan fingerprint density at radius 3 is 1.54 bits per heavy atom. The van der Waals surface area contributed by atoms with Crippen molar-refractivity contribution in [2.24, 2.45) is 11.8 Å². The van der Waals surface area contributed by atoms with Gasteiger partial charge in [-0.2, -0.15) is 0 Å². The van der Waals surface area contributed by atoms with E-state index in [1.54, 1.807) is 0 Å². The first-order valence-corrected chi connectivity index (χ1v) is 20.0. The van der Waals surface area contributed by atoms with Crippen molar-refractivity contribution in [2.45, 2.75) is 108 Å². The monoisotopic (exact) mass is 925 g/mol. The van der Waals surface area contributed by atoms with Crippen molar-refractivity contribution in [1.82, 2.24) is 9.97 Å². The molecular formula is C51H60IrN2O2-2. The largest absolute Gasteiger partial charge is 0.512 e. The molecule has 5 heteroatoms. The van der Waals surface area contributed by atoms with Crippen molar-refractivity contribution in [1.29, 1.82) is 0 Å². The summed E-state index contributed by atoms with van der Waals surface area (Å²) in [5.74, 6) is 1.09. The predicted molar refractivity (Wildman–Crippen MR) is 234 cm³/mol. The standard InChI is InChI=1S/C20H20N.C18H16N.C13H24O2.Ir/c1-13(2)16-5-6-19-17(12-16)7-8-21-20(19)18-10-14(3)9-15(4)11-18;1-12-4-5-17-15(9-12)6-7-19-18(17)16-10-13(2)8-14(3)11-16;1-5-10(6-2)12(14)9-13(15)11(7-3)8-4;/h5-10,12-13H,1-4H3;4-10H,1-3H3;9-11,14H,5-8H2,1-4H3;/q2*-1;;/b;;12-9-;. The summed E-state index contributed by atoms with van der Waals surface area (Å²) in [4.78, 5) is 20.9. The van der Waals surface area contributed by atoms with E-state index in [0.29, 0.717) is 5.92 Å². The van der Waals surface area contributed by atoms with Gasteiger partial charge in [0.1, 0.15) is 0 Å². The van der Waals surface area contributed by atoms with Crippen LogP contribution in [0.2, 0.25) is 0 Å². The Kier molecular flexibility index (Phi) is 17.8. The Balaban J connectivity index is 0.000000227. The SMILES string of the molecule is CCC(CC)C(=O)/C=C(\O)C(CC)CC.Cc1[c-]c(-c2nccc3cc(C(C)C)ccc23)cc(C)c1.Cc1[c-]c(-c2nccc3cc(C)ccc23)cc(C)c1.[Ir]. The quantitative estimate of drug-likeness (QED) is 0.0845. The summed E-state index contributed by atoms with van der Waals surface area (Å²) < 4.78 is 0. The molecule has 6 rings (SSSR count). The predicted octanol–water partition coefficient (Wildman–Crippen LogP) is 13.9. The number of nitrogens with zero attached hydrogens (tertiary/aromatic N) is 2. The number of aliphatic hydroxyl groups excluding tert-OH is 1. The van der Waals surface area contributed by atoms with Crippen LogP contribution in [-0.4, -0.2) is 20.9 Å². The number of hydrogen-bond donors (Lipinski definition) is 1. The molecule has 4 aromatic carbocycles. The van der Waals surface area contributed by atoms with Crippen molar-refractivity contribution in [3.8, 4) is 22.5 Å². The fourth-order valence-electron chi connectivity index (χ4n) is 7.11. The van der Waals surface area contributed by atoms with E-state index in [1.165, 1.54) is 49.9 Å². The van der Waals surface area contributed by atoms with E-state index < -0.39 is 0 Å². The van der Waals surface area contributed by atoms with Gasteiger partial charge in [0, 0.05) is 50.4 Å². The second kappa shape index (κ2) is 21.8. The molecule has 0 amide bonds. The molecule has 1 N–H and O–H groups in total. The fraction of sp³-hybridized carbons (Fsp3) is 0.353. The summed E-state index contributed by atoms with van der Waals surface area (Å²) >= 11 is 0. The second-order valence-electron chi connectivity index (χ2n) is 15.2. The summed E-state index contributed by atoms with van der Waals surface area (Å²) in [6.45, 7) is 23.0. The van der Waals surface area contributed by atoms with Gasteiger partial charge in [0.15, 0.2) is 5.78 Å². The number of aryl methyl sites for hydroxylation is 5. The Hall–Kier alpha value is -4.44. The minimum atomic E-state index is 0. The van der Waals surface area contributed by atoms with Gasteiger partial charge in [0.25, 0.3) is 0 Å². The van der Waals surface area contributed by atoms with Crippen LogP contribution in [0.5, 0.6) is 0 Å². The van der Waals surface area contributed by atoms with E-state index >= 15 is 0 Å². The molecule has 6 aromatic rings. The summed E-state index contributed by atoms with van der Waals surface area (Å²) in [7, 11) is 0. The molecular weight excluding hydrogens is 865 g/mol. The van der Waals surface area contributed by atoms with Crippen molar-refractivity contribution >= 4 is 27.3 Å². The first-order chi connectivity index (χ1) is 26.3. The Morgan fingerprint density at radius 1 is 0.625 bits per heavy atom. The molecule has 56 heavy (non-hydrogen) atoms. The van der Waals surface area contributed by atoms with Crippen molar-refractivity contribution in [2.75, 3.05) is 0 Å². The van der Waals surface area contributed by atoms with Gasteiger partial charge < -0.3 is 15.1 Å². The number of aliphatic hydroxyl groups is 1. The summed E-state index contributed by atoms with van der Waals surface area (Å²) in [6.07, 6.45) is 8.68. The third-order valence-electron chi connectivity index (χ3n) is 10.3. The van der Waals surface area contributed by atoms with Crippen LogP contribution in [0.3, 0.4) is 0 Å². The Morgan fingerprint density at radius 2 is 1.09 bits per heavy atom. The third kappa shape index (κ3) is 12.3. The minimum absolute atomic E-state index is 0. The maximum absolute atomic E-state index is 11.7. The first kappa shape index (κ1) is 45.9. The molecule has 0 aliphatic rings. The maximum Gasteiger partial charge on any atom is 0.162 e. The Bertz CT molecular complexity index is 2210. The van der Waals surface area contributed by atoms with Crippen LogP contribution in [0, 0.1) is 58.6 Å². The van der Waals surface area contributed by atoms with Crippen molar-refractivity contribution in [3.05, 3.63) is 143 Å². The zero-order valence-corrected chi connectivity index (χ0v) is 37.7. The van der Waals surface area contributed by atoms with E-state index in [0.717, 1.165) is 59.3 Å². The number of carbonyl (C=O) groups excluding carboxylic acids is 1. The van der Waals surface area contributed by atoms with Gasteiger partial charge in [-0.25, -0.2) is 0 Å². The van der Waals surface area contributed by atoms with E-state index in [-0.39, 0.29) is 43.5 Å². The molecule has 0 bridgehead atoms. The van der Waals surface area contributed by atoms with Crippen LogP contribution in [-0.2, 0) is 24.9 Å². The zero-order valence-electron chi connectivity index (χ0n) is 35.3. The molecule has 1 radical (unpaired) electrons. The molecule has 0 aliphatic heterocycles. The van der Waals surface area contributed by atoms with Gasteiger partial charge in [-0.05, 0) is 89.2 Å². The average Bonchev–Trinajstić information content (AvgIpc) is 3.14. The van der Waals surface area contributed by atoms with E-state index in [2.05, 4.69) is 143 Å². The van der Waals surface area contributed by atoms with Gasteiger partial charge in [-0.15, -0.1) is 69.8 Å². The average molecular weight is 925 g/mol. The van der Waals surface area contributed by atoms with Gasteiger partial charge >= 0.3 is 0 Å². The number of rotatable bonds is 10. The van der Waals surface area contributed by atoms with Crippen LogP contribution in [0.1, 0.15) is 107 Å². The zero-order chi connectivity index (χ0) is 40.2. The van der Waals surface area contributed by atoms with Crippen LogP contribution in [0.25, 0.3) is 44.1 Å². The van der Waals surface area contributed by atoms with Gasteiger partial charge in [0.05, 0.1) is 5.76 Å². The molecule has 0 saturated carbocycles. The number of hydrogen-bond acceptors (Lipinski definition) is 4. The molecule has 0 atom stereocenters. The summed E-state index contributed by atoms with van der Waals surface area (Å²) in [6, 6.07) is 32.7. The van der Waals surface area contributed by atoms with Crippen LogP contribution >= 0.6 is 0 Å². The van der Waals surface area contributed by atoms with Crippen LogP contribution in [0.15, 0.2) is 97.0 Å². The molecule has 2 aromatic heterocycles. The van der Waals surface area contributed by atoms with Gasteiger partial charge in [0.2, 0.25) is 0 Å². The topological polar surface area (TPSA) is 63.1 Å². The van der Waals surface area contributed by atoms with E-state index in [1.807, 2.05) is 40.1 Å². The van der Waals surface area contributed by atoms with Crippen LogP contribution < -0.4 is 0 Å². The van der Waals surface area contributed by atoms with Crippen molar-refractivity contribution < 1.29 is 30.0 Å². The molecule has 2 heterocycles. The molecule has 0 unspecified atom stereocenters. The van der Waals surface area contributed by atoms with E-state index in [9.17, 15) is 9.90 Å². The summed E-state index contributed by atoms with van der Waals surface area (Å²) in [5.41, 5.74) is 11.6. The maximum atomic E-state index is 11.7. The number of ketones is 1. The molecule has 297 valence electrons. The van der Waals surface area contributed by atoms with Crippen LogP contribution in [0.4, 0.5) is 0 Å². The number of carbonyl (C=O) groups is 1. The number of allylic oxidation sites excluding steroid dienone is 2. The smallest absolute Gasteiger partial charge is 0.162 e. The van der Waals surface area contributed by atoms with Gasteiger partial charge in [-0.1, -0.05) is 111 Å². The summed E-state index contributed by atoms with van der Waals surface area (Å²) in [5, 5.41) is 14.6. The molecule has 0 fully saturated rings. The first-order valence-electron chi connectivity index (χ1n) is 20.0. The number of benzene rings is 4. The molecule has 0 saturated heterocycles.